The first-order valence-electron chi connectivity index (χ1n) is 8.19. The van der Waals surface area contributed by atoms with Crippen molar-refractivity contribution in [1.82, 2.24) is 0 Å². The van der Waals surface area contributed by atoms with Crippen LogP contribution in [0.3, 0.4) is 0 Å². The summed E-state index contributed by atoms with van der Waals surface area (Å²) in [5.41, 5.74) is 0. The Morgan fingerprint density at radius 1 is 1.15 bits per heavy atom. The van der Waals surface area contributed by atoms with Crippen LogP contribution in [0, 0.1) is 5.92 Å². The van der Waals surface area contributed by atoms with Crippen LogP contribution in [0.5, 0.6) is 0 Å². The molecule has 20 heavy (non-hydrogen) atoms. The SMILES string of the molecule is C=CCC1CCC[Si](OCC)(OCC)C1(CC)OCC. The Morgan fingerprint density at radius 3 is 2.25 bits per heavy atom. The third-order valence-corrected chi connectivity index (χ3v) is 9.21. The zero-order valence-corrected chi connectivity index (χ0v) is 14.7. The van der Waals surface area contributed by atoms with Gasteiger partial charge in [-0.2, -0.15) is 0 Å². The van der Waals surface area contributed by atoms with E-state index in [9.17, 15) is 0 Å². The fraction of sp³-hybridized carbons (Fsp3) is 0.875. The molecule has 0 aromatic carbocycles. The molecular formula is C16H32O3Si. The summed E-state index contributed by atoms with van der Waals surface area (Å²) in [7, 11) is -2.35. The van der Waals surface area contributed by atoms with Crippen molar-refractivity contribution in [2.45, 2.75) is 64.6 Å². The number of ether oxygens (including phenoxy) is 1. The summed E-state index contributed by atoms with van der Waals surface area (Å²) >= 11 is 0. The standard InChI is InChI=1S/C16H32O3Si/c1-6-12-15-13-11-14-20(18-9-4,19-10-5)16(15,7-2)17-8-3/h6,15H,1,7-14H2,2-5H3. The highest BCUT2D eigenvalue weighted by Crippen LogP contribution is 2.48. The summed E-state index contributed by atoms with van der Waals surface area (Å²) in [6.07, 6.45) is 6.35. The minimum Gasteiger partial charge on any atom is -0.393 e. The summed E-state index contributed by atoms with van der Waals surface area (Å²) in [5.74, 6) is 0.475. The lowest BCUT2D eigenvalue weighted by Gasteiger charge is -2.53. The third kappa shape index (κ3) is 3.19. The largest absolute Gasteiger partial charge is 0.393 e. The van der Waals surface area contributed by atoms with E-state index in [2.05, 4.69) is 34.3 Å². The van der Waals surface area contributed by atoms with Gasteiger partial charge >= 0.3 is 8.56 Å². The topological polar surface area (TPSA) is 27.7 Å². The number of allylic oxidation sites excluding steroid dienone is 1. The summed E-state index contributed by atoms with van der Waals surface area (Å²) < 4.78 is 19.0. The highest BCUT2D eigenvalue weighted by molar-refractivity contribution is 6.71. The number of hydrogen-bond acceptors (Lipinski definition) is 3. The van der Waals surface area contributed by atoms with Gasteiger partial charge in [-0.15, -0.1) is 6.58 Å². The predicted octanol–water partition coefficient (Wildman–Crippen LogP) is 4.21. The minimum atomic E-state index is -2.35. The average molecular weight is 301 g/mol. The summed E-state index contributed by atoms with van der Waals surface area (Å²) in [6.45, 7) is 14.5. The molecule has 4 heteroatoms. The number of hydrogen-bond donors (Lipinski definition) is 0. The first-order valence-corrected chi connectivity index (χ1v) is 10.2. The van der Waals surface area contributed by atoms with Crippen molar-refractivity contribution in [3.05, 3.63) is 12.7 Å². The van der Waals surface area contributed by atoms with E-state index in [-0.39, 0.29) is 5.22 Å². The lowest BCUT2D eigenvalue weighted by Crippen LogP contribution is -2.69. The fourth-order valence-corrected chi connectivity index (χ4v) is 8.56. The first kappa shape index (κ1) is 17.9. The second-order valence-corrected chi connectivity index (χ2v) is 8.84. The van der Waals surface area contributed by atoms with Crippen molar-refractivity contribution < 1.29 is 13.6 Å². The molecule has 1 aliphatic rings. The van der Waals surface area contributed by atoms with Gasteiger partial charge in [0.2, 0.25) is 0 Å². The van der Waals surface area contributed by atoms with Crippen LogP contribution in [0.2, 0.25) is 6.04 Å². The van der Waals surface area contributed by atoms with Crippen molar-refractivity contribution in [1.29, 1.82) is 0 Å². The van der Waals surface area contributed by atoms with Gasteiger partial charge in [-0.1, -0.05) is 19.4 Å². The Kier molecular flexibility index (Phi) is 7.44. The van der Waals surface area contributed by atoms with Gasteiger partial charge in [-0.05, 0) is 52.0 Å². The second-order valence-electron chi connectivity index (χ2n) is 5.41. The van der Waals surface area contributed by atoms with Gasteiger partial charge in [0, 0.05) is 19.8 Å². The zero-order chi connectivity index (χ0) is 15.1. The molecule has 0 N–H and O–H groups in total. The molecule has 2 atom stereocenters. The Morgan fingerprint density at radius 2 is 1.80 bits per heavy atom. The first-order chi connectivity index (χ1) is 9.66. The molecule has 1 heterocycles. The van der Waals surface area contributed by atoms with Crippen LogP contribution in [0.25, 0.3) is 0 Å². The molecule has 0 spiro atoms. The van der Waals surface area contributed by atoms with E-state index in [4.69, 9.17) is 13.6 Å². The van der Waals surface area contributed by atoms with Gasteiger partial charge < -0.3 is 13.6 Å². The molecule has 0 amide bonds. The molecule has 118 valence electrons. The summed E-state index contributed by atoms with van der Waals surface area (Å²) in [5, 5.41) is -0.222. The van der Waals surface area contributed by atoms with Gasteiger partial charge in [0.15, 0.2) is 0 Å². The van der Waals surface area contributed by atoms with E-state index < -0.39 is 8.56 Å². The average Bonchev–Trinajstić information content (AvgIpc) is 2.44. The maximum atomic E-state index is 6.37. The van der Waals surface area contributed by atoms with Crippen LogP contribution < -0.4 is 0 Å². The van der Waals surface area contributed by atoms with E-state index in [1.165, 1.54) is 12.8 Å². The highest BCUT2D eigenvalue weighted by Gasteiger charge is 2.62. The molecule has 1 aliphatic heterocycles. The van der Waals surface area contributed by atoms with Gasteiger partial charge in [0.05, 0.1) is 0 Å². The Balaban J connectivity index is 3.22. The molecule has 0 bridgehead atoms. The summed E-state index contributed by atoms with van der Waals surface area (Å²) in [6, 6.07) is 1.05. The van der Waals surface area contributed by atoms with E-state index >= 15 is 0 Å². The quantitative estimate of drug-likeness (QED) is 0.471. The van der Waals surface area contributed by atoms with Crippen molar-refractivity contribution in [3.8, 4) is 0 Å². The van der Waals surface area contributed by atoms with E-state index in [1.54, 1.807) is 0 Å². The van der Waals surface area contributed by atoms with Gasteiger partial charge in [0.1, 0.15) is 5.22 Å². The fourth-order valence-electron chi connectivity index (χ4n) is 3.89. The second kappa shape index (κ2) is 8.32. The molecule has 1 rings (SSSR count). The van der Waals surface area contributed by atoms with E-state index in [0.29, 0.717) is 19.1 Å². The Hall–Kier alpha value is -0.163. The van der Waals surface area contributed by atoms with Crippen molar-refractivity contribution in [3.63, 3.8) is 0 Å². The van der Waals surface area contributed by atoms with Gasteiger partial charge in [-0.3, -0.25) is 0 Å². The molecule has 1 saturated heterocycles. The molecule has 0 aromatic rings. The zero-order valence-electron chi connectivity index (χ0n) is 13.7. The molecule has 2 unspecified atom stereocenters. The van der Waals surface area contributed by atoms with E-state index in [1.807, 2.05) is 6.08 Å². The monoisotopic (exact) mass is 300 g/mol. The van der Waals surface area contributed by atoms with Crippen LogP contribution in [-0.4, -0.2) is 33.6 Å². The van der Waals surface area contributed by atoms with Crippen molar-refractivity contribution >= 4 is 8.56 Å². The lowest BCUT2D eigenvalue weighted by atomic mass is 9.90. The van der Waals surface area contributed by atoms with Crippen molar-refractivity contribution in [2.24, 2.45) is 5.92 Å². The van der Waals surface area contributed by atoms with Crippen LogP contribution in [-0.2, 0) is 13.6 Å². The van der Waals surface area contributed by atoms with Crippen molar-refractivity contribution in [2.75, 3.05) is 19.8 Å². The Bertz CT molecular complexity index is 284. The maximum Gasteiger partial charge on any atom is 0.371 e. The molecular weight excluding hydrogens is 268 g/mol. The smallest absolute Gasteiger partial charge is 0.371 e. The van der Waals surface area contributed by atoms with Gasteiger partial charge in [0.25, 0.3) is 0 Å². The van der Waals surface area contributed by atoms with Gasteiger partial charge in [-0.25, -0.2) is 0 Å². The molecule has 0 aromatic heterocycles. The maximum absolute atomic E-state index is 6.37. The minimum absolute atomic E-state index is 0.222. The van der Waals surface area contributed by atoms with Crippen LogP contribution in [0.1, 0.15) is 53.4 Å². The van der Waals surface area contributed by atoms with Crippen LogP contribution in [0.15, 0.2) is 12.7 Å². The normalized spacial score (nSPS) is 29.3. The molecule has 0 radical (unpaired) electrons. The van der Waals surface area contributed by atoms with Crippen LogP contribution in [0.4, 0.5) is 0 Å². The predicted molar refractivity (Wildman–Crippen MR) is 86.0 cm³/mol. The van der Waals surface area contributed by atoms with E-state index in [0.717, 1.165) is 25.5 Å². The molecule has 1 fully saturated rings. The number of rotatable bonds is 9. The molecule has 0 saturated carbocycles. The lowest BCUT2D eigenvalue weighted by molar-refractivity contribution is -0.0762. The summed E-state index contributed by atoms with van der Waals surface area (Å²) in [4.78, 5) is 0. The highest BCUT2D eigenvalue weighted by atomic mass is 28.4. The molecule has 0 aliphatic carbocycles. The van der Waals surface area contributed by atoms with Crippen LogP contribution >= 0.6 is 0 Å². The Labute approximate surface area is 125 Å². The third-order valence-electron chi connectivity index (χ3n) is 4.50. The molecule has 3 nitrogen and oxygen atoms in total.